The highest BCUT2D eigenvalue weighted by Gasteiger charge is 2.18. The second-order valence-corrected chi connectivity index (χ2v) is 5.79. The first-order chi connectivity index (χ1) is 10.2. The standard InChI is InChI=1S/C19H18N2.BrH/c1-4-14-11-21-10-9-16-15-7-5-6-8-17(15)20-18(16)19(21)13(3)12(14)2;/h5-11H,4H2,1-3H3;1H. The first-order valence-electron chi connectivity index (χ1n) is 7.54. The first-order valence-corrected chi connectivity index (χ1v) is 7.54. The van der Waals surface area contributed by atoms with E-state index in [4.69, 9.17) is 0 Å². The molecule has 0 saturated carbocycles. The highest BCUT2D eigenvalue weighted by atomic mass is 79.9. The van der Waals surface area contributed by atoms with Crippen molar-refractivity contribution in [3.63, 3.8) is 0 Å². The van der Waals surface area contributed by atoms with E-state index in [9.17, 15) is 0 Å². The summed E-state index contributed by atoms with van der Waals surface area (Å²) < 4.78 is 2.26. The van der Waals surface area contributed by atoms with Crippen LogP contribution in [0.3, 0.4) is 0 Å². The maximum absolute atomic E-state index is 3.61. The topological polar surface area (TPSA) is 19.9 Å². The van der Waals surface area contributed by atoms with E-state index in [1.54, 1.807) is 0 Å². The summed E-state index contributed by atoms with van der Waals surface area (Å²) in [6.07, 6.45) is 5.52. The van der Waals surface area contributed by atoms with E-state index in [0.717, 1.165) is 6.42 Å². The van der Waals surface area contributed by atoms with Crippen LogP contribution in [0, 0.1) is 13.8 Å². The fourth-order valence-corrected chi connectivity index (χ4v) is 3.41. The van der Waals surface area contributed by atoms with Crippen molar-refractivity contribution in [2.75, 3.05) is 0 Å². The Labute approximate surface area is 140 Å². The molecule has 3 heteroatoms. The van der Waals surface area contributed by atoms with E-state index in [-0.39, 0.29) is 17.0 Å². The summed E-state index contributed by atoms with van der Waals surface area (Å²) in [7, 11) is 0. The Bertz CT molecular complexity index is 999. The third-order valence-electron chi connectivity index (χ3n) is 4.72. The van der Waals surface area contributed by atoms with Crippen molar-refractivity contribution in [1.82, 2.24) is 4.98 Å². The maximum Gasteiger partial charge on any atom is 0.238 e. The largest absolute Gasteiger partial charge is 1.00 e. The van der Waals surface area contributed by atoms with Gasteiger partial charge in [0.25, 0.3) is 0 Å². The van der Waals surface area contributed by atoms with Crippen molar-refractivity contribution < 1.29 is 21.4 Å². The monoisotopic (exact) mass is 354 g/mol. The van der Waals surface area contributed by atoms with Crippen LogP contribution < -0.4 is 21.4 Å². The Morgan fingerprint density at radius 3 is 2.55 bits per heavy atom. The number of halogens is 1. The van der Waals surface area contributed by atoms with Crippen LogP contribution in [-0.2, 0) is 6.42 Å². The molecule has 112 valence electrons. The number of H-pyrrole nitrogens is 1. The molecule has 2 nitrogen and oxygen atoms in total. The fourth-order valence-electron chi connectivity index (χ4n) is 3.41. The Morgan fingerprint density at radius 1 is 1.00 bits per heavy atom. The normalized spacial score (nSPS) is 11.2. The minimum absolute atomic E-state index is 0. The number of nitrogens with one attached hydrogen (secondary N) is 1. The number of aromatic amines is 1. The van der Waals surface area contributed by atoms with E-state index < -0.39 is 0 Å². The molecule has 0 amide bonds. The fraction of sp³-hybridized carbons (Fsp3) is 0.211. The number of benzene rings is 1. The lowest BCUT2D eigenvalue weighted by Gasteiger charge is -2.06. The predicted octanol–water partition coefficient (Wildman–Crippen LogP) is 1.24. The summed E-state index contributed by atoms with van der Waals surface area (Å²) in [4.78, 5) is 3.61. The van der Waals surface area contributed by atoms with Crippen molar-refractivity contribution >= 4 is 27.3 Å². The average molecular weight is 355 g/mol. The van der Waals surface area contributed by atoms with Crippen molar-refractivity contribution in [1.29, 1.82) is 0 Å². The molecule has 0 saturated heterocycles. The van der Waals surface area contributed by atoms with E-state index >= 15 is 0 Å². The first kappa shape index (κ1) is 15.0. The molecule has 22 heavy (non-hydrogen) atoms. The van der Waals surface area contributed by atoms with Crippen LogP contribution in [0.15, 0.2) is 42.7 Å². The molecule has 0 aliphatic heterocycles. The summed E-state index contributed by atoms with van der Waals surface area (Å²) in [5.41, 5.74) is 7.92. The number of nitrogens with zero attached hydrogens (tertiary/aromatic N) is 1. The van der Waals surface area contributed by atoms with Crippen LogP contribution in [0.4, 0.5) is 0 Å². The van der Waals surface area contributed by atoms with E-state index in [1.165, 1.54) is 44.0 Å². The molecule has 0 radical (unpaired) electrons. The molecule has 1 N–H and O–H groups in total. The number of aryl methyl sites for hydroxylation is 2. The van der Waals surface area contributed by atoms with Crippen LogP contribution in [-0.4, -0.2) is 4.98 Å². The molecule has 0 atom stereocenters. The summed E-state index contributed by atoms with van der Waals surface area (Å²) in [6, 6.07) is 10.7. The highest BCUT2D eigenvalue weighted by molar-refractivity contribution is 6.11. The van der Waals surface area contributed by atoms with Gasteiger partial charge in [0.15, 0.2) is 12.4 Å². The van der Waals surface area contributed by atoms with Crippen molar-refractivity contribution in [3.8, 4) is 0 Å². The number of hydrogen-bond donors (Lipinski definition) is 1. The summed E-state index contributed by atoms with van der Waals surface area (Å²) in [5, 5.41) is 2.60. The zero-order valence-electron chi connectivity index (χ0n) is 13.1. The van der Waals surface area contributed by atoms with E-state index in [2.05, 4.69) is 72.9 Å². The van der Waals surface area contributed by atoms with Crippen molar-refractivity contribution in [3.05, 3.63) is 59.4 Å². The van der Waals surface area contributed by atoms with Gasteiger partial charge in [-0.3, -0.25) is 0 Å². The Hall–Kier alpha value is -1.87. The van der Waals surface area contributed by atoms with Gasteiger partial charge >= 0.3 is 0 Å². The van der Waals surface area contributed by atoms with Gasteiger partial charge in [0.1, 0.15) is 5.52 Å². The predicted molar refractivity (Wildman–Crippen MR) is 87.8 cm³/mol. The SMILES string of the molecule is CCc1c[n+]2ccc3c4ccccc4[nH]c3c2c(C)c1C.[Br-]. The number of aromatic nitrogens is 2. The Kier molecular flexibility index (Phi) is 3.69. The minimum atomic E-state index is 0. The van der Waals surface area contributed by atoms with Crippen LogP contribution in [0.25, 0.3) is 27.3 Å². The van der Waals surface area contributed by atoms with Crippen molar-refractivity contribution in [2.45, 2.75) is 27.2 Å². The summed E-state index contributed by atoms with van der Waals surface area (Å²) in [5.74, 6) is 0. The number of hydrogen-bond acceptors (Lipinski definition) is 0. The number of rotatable bonds is 1. The lowest BCUT2D eigenvalue weighted by atomic mass is 10.0. The van der Waals surface area contributed by atoms with Crippen molar-refractivity contribution in [2.24, 2.45) is 0 Å². The van der Waals surface area contributed by atoms with Gasteiger partial charge < -0.3 is 22.0 Å². The molecule has 4 rings (SSSR count). The molecular formula is C19H19BrN2. The van der Waals surface area contributed by atoms with Gasteiger partial charge in [0.2, 0.25) is 5.52 Å². The molecule has 3 aromatic heterocycles. The molecule has 3 heterocycles. The Balaban J connectivity index is 0.00000144. The van der Waals surface area contributed by atoms with Gasteiger partial charge in [-0.25, -0.2) is 0 Å². The molecule has 4 aromatic rings. The Morgan fingerprint density at radius 2 is 1.77 bits per heavy atom. The zero-order chi connectivity index (χ0) is 14.6. The molecule has 0 bridgehead atoms. The third kappa shape index (κ3) is 1.96. The molecule has 1 aromatic carbocycles. The van der Waals surface area contributed by atoms with Crippen LogP contribution in [0.1, 0.15) is 23.6 Å². The molecule has 0 unspecified atom stereocenters. The molecule has 0 fully saturated rings. The zero-order valence-corrected chi connectivity index (χ0v) is 14.7. The smallest absolute Gasteiger partial charge is 0.238 e. The van der Waals surface area contributed by atoms with Gasteiger partial charge in [-0.15, -0.1) is 0 Å². The minimum Gasteiger partial charge on any atom is -1.00 e. The van der Waals surface area contributed by atoms with Gasteiger partial charge in [-0.2, -0.15) is 4.40 Å². The number of fused-ring (bicyclic) bond motifs is 5. The number of pyridine rings is 2. The van der Waals surface area contributed by atoms with Crippen LogP contribution in [0.2, 0.25) is 0 Å². The summed E-state index contributed by atoms with van der Waals surface area (Å²) >= 11 is 0. The van der Waals surface area contributed by atoms with Crippen LogP contribution >= 0.6 is 0 Å². The molecule has 0 aliphatic rings. The van der Waals surface area contributed by atoms with E-state index in [0.29, 0.717) is 0 Å². The highest BCUT2D eigenvalue weighted by Crippen LogP contribution is 2.28. The molecule has 0 spiro atoms. The number of para-hydroxylation sites is 1. The summed E-state index contributed by atoms with van der Waals surface area (Å²) in [6.45, 7) is 6.68. The van der Waals surface area contributed by atoms with Crippen LogP contribution in [0.5, 0.6) is 0 Å². The second-order valence-electron chi connectivity index (χ2n) is 5.79. The molecule has 0 aliphatic carbocycles. The van der Waals surface area contributed by atoms with Gasteiger partial charge in [-0.05, 0) is 31.9 Å². The lowest BCUT2D eigenvalue weighted by molar-refractivity contribution is -0.511. The third-order valence-corrected chi connectivity index (χ3v) is 4.72. The lowest BCUT2D eigenvalue weighted by Crippen LogP contribution is -3.00. The van der Waals surface area contributed by atoms with Gasteiger partial charge in [-0.1, -0.05) is 25.1 Å². The van der Waals surface area contributed by atoms with E-state index in [1.807, 2.05) is 0 Å². The average Bonchev–Trinajstić information content (AvgIpc) is 2.88. The quantitative estimate of drug-likeness (QED) is 0.496. The second kappa shape index (κ2) is 5.40. The maximum atomic E-state index is 3.61. The van der Waals surface area contributed by atoms with Gasteiger partial charge in [0.05, 0.1) is 0 Å². The molecular weight excluding hydrogens is 336 g/mol. The van der Waals surface area contributed by atoms with Gasteiger partial charge in [0, 0.05) is 33.5 Å².